The number of aliphatic hydroxyl groups excluding tert-OH is 1. The number of nitrogens with one attached hydrogen (secondary N) is 1. The van der Waals surface area contributed by atoms with Gasteiger partial charge in [-0.05, 0) is 12.8 Å². The van der Waals surface area contributed by atoms with Gasteiger partial charge in [-0.3, -0.25) is 5.43 Å². The van der Waals surface area contributed by atoms with Crippen molar-refractivity contribution in [1.82, 2.24) is 14.3 Å². The lowest BCUT2D eigenvalue weighted by molar-refractivity contribution is 0.250. The smallest absolute Gasteiger partial charge is 0.246 e. The van der Waals surface area contributed by atoms with Gasteiger partial charge in [0.25, 0.3) is 0 Å². The normalized spacial score (nSPS) is 15.9. The first-order valence-electron chi connectivity index (χ1n) is 5.51. The van der Waals surface area contributed by atoms with E-state index in [4.69, 9.17) is 10.9 Å². The van der Waals surface area contributed by atoms with Crippen LogP contribution in [0.3, 0.4) is 0 Å². The number of nitrogens with two attached hydrogens (primary N) is 1. The first-order chi connectivity index (χ1) is 8.59. The molecular weight excluding hydrogens is 258 g/mol. The van der Waals surface area contributed by atoms with Crippen molar-refractivity contribution >= 4 is 16.0 Å². The summed E-state index contributed by atoms with van der Waals surface area (Å²) in [6, 6.07) is -0.0190. The van der Waals surface area contributed by atoms with Gasteiger partial charge in [0.15, 0.2) is 0 Å². The maximum Gasteiger partial charge on any atom is 0.246 e. The van der Waals surface area contributed by atoms with Crippen LogP contribution in [0, 0.1) is 0 Å². The summed E-state index contributed by atoms with van der Waals surface area (Å²) in [6.45, 7) is -0.122. The van der Waals surface area contributed by atoms with Gasteiger partial charge in [0.05, 0.1) is 19.0 Å². The number of anilines is 1. The van der Waals surface area contributed by atoms with E-state index in [2.05, 4.69) is 15.4 Å². The van der Waals surface area contributed by atoms with Gasteiger partial charge in [0, 0.05) is 12.6 Å². The Hall–Kier alpha value is -1.29. The standard InChI is InChI=1S/C9H15N5O3S/c10-13-9-11-5-8(6-12-9)18(16,17)14(3-4-15)7-1-2-7/h5-7,15H,1-4,10H2,(H,11,12,13). The highest BCUT2D eigenvalue weighted by Crippen LogP contribution is 2.31. The van der Waals surface area contributed by atoms with Crippen LogP contribution in [0.1, 0.15) is 12.8 Å². The number of rotatable bonds is 6. The van der Waals surface area contributed by atoms with Gasteiger partial charge >= 0.3 is 0 Å². The zero-order chi connectivity index (χ0) is 13.2. The zero-order valence-corrected chi connectivity index (χ0v) is 10.5. The molecule has 1 aromatic rings. The van der Waals surface area contributed by atoms with Crippen LogP contribution >= 0.6 is 0 Å². The zero-order valence-electron chi connectivity index (χ0n) is 9.65. The molecule has 1 saturated carbocycles. The van der Waals surface area contributed by atoms with E-state index in [1.165, 1.54) is 16.7 Å². The summed E-state index contributed by atoms with van der Waals surface area (Å²) in [5, 5.41) is 8.94. The van der Waals surface area contributed by atoms with Gasteiger partial charge in [-0.1, -0.05) is 0 Å². The molecule has 0 atom stereocenters. The molecule has 0 amide bonds. The Kier molecular flexibility index (Phi) is 3.76. The third-order valence-electron chi connectivity index (χ3n) is 2.64. The fraction of sp³-hybridized carbons (Fsp3) is 0.556. The number of hydrogen-bond donors (Lipinski definition) is 3. The third kappa shape index (κ3) is 2.58. The minimum atomic E-state index is -3.65. The van der Waals surface area contributed by atoms with Crippen LogP contribution in [-0.4, -0.2) is 47.0 Å². The molecule has 2 rings (SSSR count). The predicted molar refractivity (Wildman–Crippen MR) is 63.8 cm³/mol. The van der Waals surface area contributed by atoms with Gasteiger partial charge in [-0.15, -0.1) is 0 Å². The number of aromatic nitrogens is 2. The largest absolute Gasteiger partial charge is 0.395 e. The average Bonchev–Trinajstić information content (AvgIpc) is 3.20. The molecule has 0 aromatic carbocycles. The number of nitrogen functional groups attached to an aromatic ring is 1. The highest BCUT2D eigenvalue weighted by atomic mass is 32.2. The number of hydrazine groups is 1. The Bertz CT molecular complexity index is 499. The minimum absolute atomic E-state index is 0.00171. The minimum Gasteiger partial charge on any atom is -0.395 e. The molecule has 1 aliphatic rings. The molecule has 1 aliphatic carbocycles. The highest BCUT2D eigenvalue weighted by Gasteiger charge is 2.37. The molecule has 4 N–H and O–H groups in total. The summed E-state index contributed by atoms with van der Waals surface area (Å²) in [7, 11) is -3.65. The molecule has 1 aromatic heterocycles. The van der Waals surface area contributed by atoms with Crippen molar-refractivity contribution in [2.24, 2.45) is 5.84 Å². The first-order valence-corrected chi connectivity index (χ1v) is 6.95. The summed E-state index contributed by atoms with van der Waals surface area (Å²) in [6.07, 6.45) is 4.04. The van der Waals surface area contributed by atoms with Crippen LogP contribution in [0.15, 0.2) is 17.3 Å². The first kappa shape index (κ1) is 13.1. The number of sulfonamides is 1. The molecule has 9 heteroatoms. The number of nitrogens with zero attached hydrogens (tertiary/aromatic N) is 3. The van der Waals surface area contributed by atoms with Crippen LogP contribution in [-0.2, 0) is 10.0 Å². The SMILES string of the molecule is NNc1ncc(S(=O)(=O)N(CCO)C2CC2)cn1. The Labute approximate surface area is 105 Å². The molecule has 18 heavy (non-hydrogen) atoms. The van der Waals surface area contributed by atoms with Gasteiger partial charge in [0.2, 0.25) is 16.0 Å². The molecule has 8 nitrogen and oxygen atoms in total. The fourth-order valence-electron chi connectivity index (χ4n) is 1.62. The van der Waals surface area contributed by atoms with E-state index in [1.807, 2.05) is 0 Å². The van der Waals surface area contributed by atoms with E-state index in [1.54, 1.807) is 0 Å². The average molecular weight is 273 g/mol. The molecule has 0 spiro atoms. The Balaban J connectivity index is 2.27. The van der Waals surface area contributed by atoms with E-state index in [0.29, 0.717) is 0 Å². The molecule has 0 saturated heterocycles. The summed E-state index contributed by atoms with van der Waals surface area (Å²) in [5.74, 6) is 5.25. The van der Waals surface area contributed by atoms with Crippen molar-refractivity contribution in [3.05, 3.63) is 12.4 Å². The van der Waals surface area contributed by atoms with Gasteiger partial charge in [-0.25, -0.2) is 24.2 Å². The topological polar surface area (TPSA) is 121 Å². The van der Waals surface area contributed by atoms with Crippen LogP contribution in [0.4, 0.5) is 5.95 Å². The second-order valence-corrected chi connectivity index (χ2v) is 5.85. The third-order valence-corrected chi connectivity index (χ3v) is 4.54. The maximum atomic E-state index is 12.3. The van der Waals surface area contributed by atoms with Crippen molar-refractivity contribution in [2.75, 3.05) is 18.6 Å². The van der Waals surface area contributed by atoms with Gasteiger partial charge in [0.1, 0.15) is 4.90 Å². The molecular formula is C9H15N5O3S. The molecule has 100 valence electrons. The van der Waals surface area contributed by atoms with E-state index in [-0.39, 0.29) is 30.0 Å². The summed E-state index contributed by atoms with van der Waals surface area (Å²) in [5.41, 5.74) is 2.22. The van der Waals surface area contributed by atoms with Crippen molar-refractivity contribution in [3.63, 3.8) is 0 Å². The highest BCUT2D eigenvalue weighted by molar-refractivity contribution is 7.89. The Morgan fingerprint density at radius 2 is 2.06 bits per heavy atom. The van der Waals surface area contributed by atoms with Crippen molar-refractivity contribution in [3.8, 4) is 0 Å². The van der Waals surface area contributed by atoms with Crippen LogP contribution in [0.2, 0.25) is 0 Å². The fourth-order valence-corrected chi connectivity index (χ4v) is 3.19. The quantitative estimate of drug-likeness (QED) is 0.444. The van der Waals surface area contributed by atoms with E-state index >= 15 is 0 Å². The summed E-state index contributed by atoms with van der Waals surface area (Å²) >= 11 is 0. The molecule has 1 heterocycles. The Morgan fingerprint density at radius 3 is 2.50 bits per heavy atom. The molecule has 0 aliphatic heterocycles. The van der Waals surface area contributed by atoms with E-state index in [0.717, 1.165) is 12.8 Å². The molecule has 1 fully saturated rings. The van der Waals surface area contributed by atoms with Gasteiger partial charge < -0.3 is 5.11 Å². The lowest BCUT2D eigenvalue weighted by Gasteiger charge is -2.20. The Morgan fingerprint density at radius 1 is 1.44 bits per heavy atom. The lowest BCUT2D eigenvalue weighted by atomic mass is 10.6. The summed E-state index contributed by atoms with van der Waals surface area (Å²) < 4.78 is 25.9. The second-order valence-electron chi connectivity index (χ2n) is 3.96. The predicted octanol–water partition coefficient (Wildman–Crippen LogP) is -1.09. The second kappa shape index (κ2) is 5.14. The molecule has 0 radical (unpaired) electrons. The van der Waals surface area contributed by atoms with Crippen LogP contribution < -0.4 is 11.3 Å². The maximum absolute atomic E-state index is 12.3. The lowest BCUT2D eigenvalue weighted by Crippen LogP contribution is -2.35. The number of hydrogen-bond acceptors (Lipinski definition) is 7. The van der Waals surface area contributed by atoms with Gasteiger partial charge in [-0.2, -0.15) is 4.31 Å². The van der Waals surface area contributed by atoms with E-state index < -0.39 is 10.0 Å². The summed E-state index contributed by atoms with van der Waals surface area (Å²) in [4.78, 5) is 7.54. The van der Waals surface area contributed by atoms with Crippen molar-refractivity contribution in [1.29, 1.82) is 0 Å². The molecule has 0 bridgehead atoms. The van der Waals surface area contributed by atoms with Crippen LogP contribution in [0.5, 0.6) is 0 Å². The van der Waals surface area contributed by atoms with Crippen molar-refractivity contribution < 1.29 is 13.5 Å². The van der Waals surface area contributed by atoms with Crippen LogP contribution in [0.25, 0.3) is 0 Å². The van der Waals surface area contributed by atoms with E-state index in [9.17, 15) is 8.42 Å². The number of aliphatic hydroxyl groups is 1. The molecule has 0 unspecified atom stereocenters. The monoisotopic (exact) mass is 273 g/mol. The van der Waals surface area contributed by atoms with Crippen molar-refractivity contribution in [2.45, 2.75) is 23.8 Å².